The van der Waals surface area contributed by atoms with E-state index in [-0.39, 0.29) is 17.4 Å². The van der Waals surface area contributed by atoms with Crippen molar-refractivity contribution in [3.63, 3.8) is 0 Å². The minimum Gasteiger partial charge on any atom is -0.467 e. The van der Waals surface area contributed by atoms with Crippen LogP contribution in [0.5, 0.6) is 6.01 Å². The number of nitrogens with two attached hydrogens (primary N) is 1. The molecule has 1 aromatic carbocycles. The normalized spacial score (nSPS) is 10.5. The third-order valence-corrected chi connectivity index (χ3v) is 3.33. The van der Waals surface area contributed by atoms with Crippen LogP contribution in [0, 0.1) is 0 Å². The summed E-state index contributed by atoms with van der Waals surface area (Å²) in [5.41, 5.74) is 7.80. The summed E-state index contributed by atoms with van der Waals surface area (Å²) in [5.74, 6) is -0.518. The predicted octanol–water partition coefficient (Wildman–Crippen LogP) is 2.07. The molecular formula is C16H14N4O3. The quantitative estimate of drug-likeness (QED) is 0.739. The Morgan fingerprint density at radius 3 is 2.48 bits per heavy atom. The van der Waals surface area contributed by atoms with Crippen molar-refractivity contribution in [3.05, 3.63) is 42.0 Å². The van der Waals surface area contributed by atoms with E-state index in [2.05, 4.69) is 15.0 Å². The number of esters is 1. The number of hydrogen-bond acceptors (Lipinski definition) is 7. The van der Waals surface area contributed by atoms with Crippen molar-refractivity contribution < 1.29 is 14.3 Å². The molecule has 2 N–H and O–H groups in total. The van der Waals surface area contributed by atoms with Gasteiger partial charge < -0.3 is 15.2 Å². The van der Waals surface area contributed by atoms with Gasteiger partial charge in [-0.2, -0.15) is 9.97 Å². The first-order valence-corrected chi connectivity index (χ1v) is 6.80. The standard InChI is InChI=1S/C16H14N4O3/c1-22-15(21)11-8-10-12(9-6-4-3-5-7-9)18-16(23-2)20-14(10)19-13(11)17/h3-8H,1-2H3,(H2,17,18,19,20). The number of methoxy groups -OCH3 is 2. The van der Waals surface area contributed by atoms with Gasteiger partial charge in [-0.15, -0.1) is 0 Å². The second kappa shape index (κ2) is 5.88. The Balaban J connectivity index is 2.34. The molecule has 3 rings (SSSR count). The van der Waals surface area contributed by atoms with Crippen LogP contribution in [0.1, 0.15) is 10.4 Å². The number of hydrogen-bond donors (Lipinski definition) is 1. The minimum atomic E-state index is -0.563. The van der Waals surface area contributed by atoms with Crippen molar-refractivity contribution in [2.75, 3.05) is 20.0 Å². The summed E-state index contributed by atoms with van der Waals surface area (Å²) in [6.45, 7) is 0. The summed E-state index contributed by atoms with van der Waals surface area (Å²) in [4.78, 5) is 24.6. The fraction of sp³-hybridized carbons (Fsp3) is 0.125. The second-order valence-electron chi connectivity index (χ2n) is 4.71. The van der Waals surface area contributed by atoms with Crippen LogP contribution in [0.3, 0.4) is 0 Å². The first-order chi connectivity index (χ1) is 11.1. The average molecular weight is 310 g/mol. The second-order valence-corrected chi connectivity index (χ2v) is 4.71. The summed E-state index contributed by atoms with van der Waals surface area (Å²) in [7, 11) is 2.76. The minimum absolute atomic E-state index is 0.0455. The van der Waals surface area contributed by atoms with E-state index in [0.717, 1.165) is 5.56 Å². The van der Waals surface area contributed by atoms with Gasteiger partial charge in [0.1, 0.15) is 11.4 Å². The molecule has 0 aliphatic carbocycles. The van der Waals surface area contributed by atoms with Gasteiger partial charge >= 0.3 is 12.0 Å². The van der Waals surface area contributed by atoms with Crippen molar-refractivity contribution in [1.29, 1.82) is 0 Å². The summed E-state index contributed by atoms with van der Waals surface area (Å²) in [5, 5.41) is 0.589. The number of benzene rings is 1. The van der Waals surface area contributed by atoms with E-state index < -0.39 is 5.97 Å². The van der Waals surface area contributed by atoms with E-state index in [1.54, 1.807) is 6.07 Å². The van der Waals surface area contributed by atoms with Crippen molar-refractivity contribution in [2.45, 2.75) is 0 Å². The van der Waals surface area contributed by atoms with E-state index in [0.29, 0.717) is 16.7 Å². The number of nitrogens with zero attached hydrogens (tertiary/aromatic N) is 3. The Kier molecular flexibility index (Phi) is 3.76. The lowest BCUT2D eigenvalue weighted by atomic mass is 10.1. The molecular weight excluding hydrogens is 296 g/mol. The van der Waals surface area contributed by atoms with Crippen LogP contribution in [-0.2, 0) is 4.74 Å². The maximum atomic E-state index is 11.8. The number of fused-ring (bicyclic) bond motifs is 1. The third kappa shape index (κ3) is 2.64. The lowest BCUT2D eigenvalue weighted by Gasteiger charge is -2.10. The third-order valence-electron chi connectivity index (χ3n) is 3.33. The van der Waals surface area contributed by atoms with Gasteiger partial charge in [-0.05, 0) is 6.07 Å². The molecule has 0 saturated heterocycles. The molecule has 0 amide bonds. The lowest BCUT2D eigenvalue weighted by Crippen LogP contribution is -2.09. The van der Waals surface area contributed by atoms with Gasteiger partial charge in [-0.3, -0.25) is 0 Å². The molecule has 7 heteroatoms. The first kappa shape index (κ1) is 14.7. The molecule has 7 nitrogen and oxygen atoms in total. The van der Waals surface area contributed by atoms with Crippen molar-refractivity contribution >= 4 is 22.8 Å². The first-order valence-electron chi connectivity index (χ1n) is 6.80. The molecule has 0 unspecified atom stereocenters. The summed E-state index contributed by atoms with van der Waals surface area (Å²) >= 11 is 0. The highest BCUT2D eigenvalue weighted by molar-refractivity contribution is 6.01. The molecule has 3 aromatic rings. The van der Waals surface area contributed by atoms with Crippen LogP contribution in [0.2, 0.25) is 0 Å². The average Bonchev–Trinajstić information content (AvgIpc) is 2.60. The van der Waals surface area contributed by atoms with Crippen LogP contribution < -0.4 is 10.5 Å². The Morgan fingerprint density at radius 1 is 1.09 bits per heavy atom. The SMILES string of the molecule is COC(=O)c1cc2c(-c3ccccc3)nc(OC)nc2nc1N. The topological polar surface area (TPSA) is 100 Å². The van der Waals surface area contributed by atoms with E-state index in [9.17, 15) is 4.79 Å². The van der Waals surface area contributed by atoms with Crippen LogP contribution in [0.4, 0.5) is 5.82 Å². The van der Waals surface area contributed by atoms with Crippen LogP contribution in [-0.4, -0.2) is 35.1 Å². The van der Waals surface area contributed by atoms with Crippen LogP contribution in [0.25, 0.3) is 22.3 Å². The fourth-order valence-electron chi connectivity index (χ4n) is 2.23. The molecule has 0 spiro atoms. The Labute approximate surface area is 132 Å². The number of carbonyl (C=O) groups is 1. The van der Waals surface area contributed by atoms with Gasteiger partial charge in [-0.25, -0.2) is 9.78 Å². The zero-order valence-corrected chi connectivity index (χ0v) is 12.6. The van der Waals surface area contributed by atoms with Gasteiger partial charge in [-0.1, -0.05) is 30.3 Å². The molecule has 0 aliphatic rings. The summed E-state index contributed by atoms with van der Waals surface area (Å²) < 4.78 is 9.86. The number of nitrogen functional groups attached to an aromatic ring is 1. The van der Waals surface area contributed by atoms with Gasteiger partial charge in [0.25, 0.3) is 0 Å². The number of carbonyl (C=O) groups excluding carboxylic acids is 1. The van der Waals surface area contributed by atoms with Gasteiger partial charge in [0.15, 0.2) is 5.65 Å². The number of pyridine rings is 1. The van der Waals surface area contributed by atoms with E-state index in [1.807, 2.05) is 30.3 Å². The van der Waals surface area contributed by atoms with E-state index in [4.69, 9.17) is 15.2 Å². The Hall–Kier alpha value is -3.22. The predicted molar refractivity (Wildman–Crippen MR) is 85.1 cm³/mol. The molecule has 0 saturated carbocycles. The van der Waals surface area contributed by atoms with Crippen molar-refractivity contribution in [2.24, 2.45) is 0 Å². The molecule has 23 heavy (non-hydrogen) atoms. The fourth-order valence-corrected chi connectivity index (χ4v) is 2.23. The van der Waals surface area contributed by atoms with Gasteiger partial charge in [0.2, 0.25) is 0 Å². The van der Waals surface area contributed by atoms with Crippen molar-refractivity contribution in [3.8, 4) is 17.3 Å². The zero-order valence-electron chi connectivity index (χ0n) is 12.6. The molecule has 0 bridgehead atoms. The number of rotatable bonds is 3. The summed E-state index contributed by atoms with van der Waals surface area (Å²) in [6.07, 6.45) is 0. The highest BCUT2D eigenvalue weighted by Crippen LogP contribution is 2.29. The maximum absolute atomic E-state index is 11.8. The van der Waals surface area contributed by atoms with Gasteiger partial charge in [0, 0.05) is 10.9 Å². The Bertz CT molecular complexity index is 881. The molecule has 2 aromatic heterocycles. The molecule has 0 fully saturated rings. The Morgan fingerprint density at radius 2 is 1.83 bits per heavy atom. The van der Waals surface area contributed by atoms with E-state index >= 15 is 0 Å². The number of ether oxygens (including phenoxy) is 2. The molecule has 0 radical (unpaired) electrons. The van der Waals surface area contributed by atoms with Crippen LogP contribution in [0.15, 0.2) is 36.4 Å². The largest absolute Gasteiger partial charge is 0.467 e. The molecule has 116 valence electrons. The lowest BCUT2D eigenvalue weighted by molar-refractivity contribution is 0.0602. The number of aromatic nitrogens is 3. The summed E-state index contributed by atoms with van der Waals surface area (Å²) in [6, 6.07) is 11.2. The van der Waals surface area contributed by atoms with Crippen molar-refractivity contribution in [1.82, 2.24) is 15.0 Å². The molecule has 2 heterocycles. The maximum Gasteiger partial charge on any atom is 0.341 e. The molecule has 0 atom stereocenters. The monoisotopic (exact) mass is 310 g/mol. The smallest absolute Gasteiger partial charge is 0.341 e. The highest BCUT2D eigenvalue weighted by Gasteiger charge is 2.18. The highest BCUT2D eigenvalue weighted by atomic mass is 16.5. The zero-order chi connectivity index (χ0) is 16.4. The van der Waals surface area contributed by atoms with Crippen LogP contribution >= 0.6 is 0 Å². The molecule has 0 aliphatic heterocycles. The number of anilines is 1. The van der Waals surface area contributed by atoms with Gasteiger partial charge in [0.05, 0.1) is 19.9 Å². The van der Waals surface area contributed by atoms with E-state index in [1.165, 1.54) is 14.2 Å².